The number of rotatable bonds is 8. The summed E-state index contributed by atoms with van der Waals surface area (Å²) in [5.74, 6) is -2.29. The van der Waals surface area contributed by atoms with Crippen LogP contribution in [0.5, 0.6) is 0 Å². The van der Waals surface area contributed by atoms with Crippen molar-refractivity contribution in [1.82, 2.24) is 0 Å². The topological polar surface area (TPSA) is 226 Å². The number of ether oxygens (including phenoxy) is 2. The van der Waals surface area contributed by atoms with E-state index < -0.39 is 99.7 Å². The van der Waals surface area contributed by atoms with Crippen molar-refractivity contribution in [3.8, 4) is 0 Å². The summed E-state index contributed by atoms with van der Waals surface area (Å²) < 4.78 is 50.0. The largest absolute Gasteiger partial charge is 1.00 e. The van der Waals surface area contributed by atoms with E-state index in [1.807, 2.05) is 46.8 Å². The van der Waals surface area contributed by atoms with Gasteiger partial charge in [-0.1, -0.05) is 46.8 Å². The van der Waals surface area contributed by atoms with E-state index in [0.717, 1.165) is 0 Å². The number of fused-ring (bicyclic) bond motifs is 5. The van der Waals surface area contributed by atoms with Gasteiger partial charge in [0.2, 0.25) is 10.4 Å². The first-order valence-electron chi connectivity index (χ1n) is 16.6. The first kappa shape index (κ1) is 40.0. The Hall–Kier alpha value is 0.250. The van der Waals surface area contributed by atoms with E-state index in [9.17, 15) is 48.7 Å². The number of hydrogen-bond donors (Lipinski definition) is 7. The van der Waals surface area contributed by atoms with E-state index in [-0.39, 0.29) is 73.2 Å². The van der Waals surface area contributed by atoms with Crippen LogP contribution < -0.4 is 29.6 Å². The van der Waals surface area contributed by atoms with Crippen LogP contribution in [-0.4, -0.2) is 116 Å². The molecular formula is C32H53NaO13S. The number of allylic oxidation sites excluding steroid dienone is 1. The van der Waals surface area contributed by atoms with Crippen LogP contribution in [0.3, 0.4) is 0 Å². The summed E-state index contributed by atoms with van der Waals surface area (Å²) in [5, 5.41) is 77.4. The average Bonchev–Trinajstić information content (AvgIpc) is 3.15. The van der Waals surface area contributed by atoms with E-state index in [4.69, 9.17) is 13.7 Å². The molecule has 17 atom stereocenters. The molecule has 0 aromatic heterocycles. The molecule has 13 nitrogen and oxygen atoms in total. The smallest absolute Gasteiger partial charge is 0.726 e. The van der Waals surface area contributed by atoms with Crippen LogP contribution in [0.1, 0.15) is 73.1 Å². The molecule has 5 rings (SSSR count). The van der Waals surface area contributed by atoms with Crippen molar-refractivity contribution in [2.75, 3.05) is 6.61 Å². The molecule has 7 N–H and O–H groups in total. The van der Waals surface area contributed by atoms with Crippen LogP contribution in [0.25, 0.3) is 0 Å². The molecule has 0 aromatic rings. The molecule has 15 heteroatoms. The summed E-state index contributed by atoms with van der Waals surface area (Å²) in [6.07, 6.45) is -4.33. The van der Waals surface area contributed by atoms with Gasteiger partial charge in [-0.2, -0.15) is 0 Å². The predicted molar refractivity (Wildman–Crippen MR) is 161 cm³/mol. The zero-order valence-corrected chi connectivity index (χ0v) is 31.1. The Bertz CT molecular complexity index is 1240. The molecule has 4 saturated carbocycles. The Kier molecular flexibility index (Phi) is 12.2. The SMILES string of the molecule is CC(C)[C@H](/C=C/[C@@H](C)[C@H]1[C@@H](O)[C@@H](O)C2[C@]3(O)C[C@H](O)C4C[C@@H](OS(=O)(=O)[O-])CC[C@]4(C)C3CC[C@@]21C)OC1OCC(O)C(O)C1O.[Na+]. The van der Waals surface area contributed by atoms with Crippen molar-refractivity contribution >= 4 is 10.4 Å². The van der Waals surface area contributed by atoms with Crippen molar-refractivity contribution in [1.29, 1.82) is 0 Å². The second-order valence-electron chi connectivity index (χ2n) is 15.7. The maximum Gasteiger partial charge on any atom is 1.00 e. The van der Waals surface area contributed by atoms with Crippen LogP contribution in [0, 0.1) is 46.3 Å². The molecule has 0 radical (unpaired) electrons. The van der Waals surface area contributed by atoms with Gasteiger partial charge in [-0.25, -0.2) is 8.42 Å². The minimum atomic E-state index is -4.90. The minimum absolute atomic E-state index is 0. The third-order valence-electron chi connectivity index (χ3n) is 12.6. The molecule has 47 heavy (non-hydrogen) atoms. The maximum atomic E-state index is 12.6. The van der Waals surface area contributed by atoms with E-state index in [2.05, 4.69) is 0 Å². The van der Waals surface area contributed by atoms with Crippen molar-refractivity contribution in [2.24, 2.45) is 46.3 Å². The summed E-state index contributed by atoms with van der Waals surface area (Å²) in [4.78, 5) is 0. The van der Waals surface area contributed by atoms with Crippen LogP contribution in [0.15, 0.2) is 12.2 Å². The average molecular weight is 701 g/mol. The van der Waals surface area contributed by atoms with Gasteiger partial charge in [0.05, 0.1) is 42.7 Å². The minimum Gasteiger partial charge on any atom is -0.726 e. The van der Waals surface area contributed by atoms with Gasteiger partial charge >= 0.3 is 29.6 Å². The molecule has 266 valence electrons. The summed E-state index contributed by atoms with van der Waals surface area (Å²) in [5.41, 5.74) is -2.81. The van der Waals surface area contributed by atoms with Crippen molar-refractivity contribution in [3.63, 3.8) is 0 Å². The Balaban J connectivity index is 0.00000500. The molecular weight excluding hydrogens is 647 g/mol. The molecule has 1 heterocycles. The molecule has 5 fully saturated rings. The summed E-state index contributed by atoms with van der Waals surface area (Å²) in [6.45, 7) is 9.56. The van der Waals surface area contributed by atoms with Crippen LogP contribution in [-0.2, 0) is 24.1 Å². The van der Waals surface area contributed by atoms with Gasteiger partial charge in [-0.3, -0.25) is 4.18 Å². The van der Waals surface area contributed by atoms with Crippen molar-refractivity contribution < 1.29 is 91.9 Å². The number of hydrogen-bond acceptors (Lipinski definition) is 13. The monoisotopic (exact) mass is 700 g/mol. The van der Waals surface area contributed by atoms with Gasteiger partial charge < -0.3 is 49.8 Å². The fourth-order valence-corrected chi connectivity index (χ4v) is 11.1. The molecule has 0 spiro atoms. The third-order valence-corrected chi connectivity index (χ3v) is 13.1. The Morgan fingerprint density at radius 2 is 1.53 bits per heavy atom. The standard InChI is InChI=1S/C32H54O13S.Na/c1-15(2)21(44-29-27(38)24(35)20(34)14-43-29)7-6-16(3)23-25(36)26(37)28-31(23,5)11-9-22-30(4)10-8-17(45-46(40,41)42)12-18(30)19(33)13-32(22,28)39;/h6-7,15-29,33-39H,8-14H2,1-5H3,(H,40,41,42);/q;+1/p-1/b7-6+;/t16-,17+,18?,19+,20?,21+,22?,23+,24?,25-,26-,27?,28?,29?,30+,31-,32+;/m1./s1. The molecule has 0 aromatic carbocycles. The Morgan fingerprint density at radius 3 is 2.15 bits per heavy atom. The molecule has 1 saturated heterocycles. The van der Waals surface area contributed by atoms with E-state index in [1.54, 1.807) is 0 Å². The van der Waals surface area contributed by atoms with Crippen LogP contribution in [0.2, 0.25) is 0 Å². The van der Waals surface area contributed by atoms with Crippen molar-refractivity contribution in [2.45, 2.75) is 134 Å². The maximum absolute atomic E-state index is 12.6. The predicted octanol–water partition coefficient (Wildman–Crippen LogP) is -2.81. The quantitative estimate of drug-likeness (QED) is 0.0589. The van der Waals surface area contributed by atoms with Gasteiger partial charge in [0.25, 0.3) is 0 Å². The fraction of sp³-hybridized carbons (Fsp3) is 0.938. The summed E-state index contributed by atoms with van der Waals surface area (Å²) in [6, 6.07) is 0. The van der Waals surface area contributed by atoms with Gasteiger partial charge in [-0.05, 0) is 72.5 Å². The molecule has 5 aliphatic rings. The summed E-state index contributed by atoms with van der Waals surface area (Å²) >= 11 is 0. The Labute approximate surface area is 299 Å². The van der Waals surface area contributed by atoms with Crippen molar-refractivity contribution in [3.05, 3.63) is 12.2 Å². The van der Waals surface area contributed by atoms with E-state index in [1.165, 1.54) is 0 Å². The van der Waals surface area contributed by atoms with Gasteiger partial charge in [-0.15, -0.1) is 0 Å². The number of aliphatic hydroxyl groups excluding tert-OH is 6. The molecule has 7 unspecified atom stereocenters. The molecule has 1 aliphatic heterocycles. The second-order valence-corrected chi connectivity index (χ2v) is 16.7. The molecule has 0 bridgehead atoms. The summed E-state index contributed by atoms with van der Waals surface area (Å²) in [7, 11) is -4.90. The third kappa shape index (κ3) is 7.19. The van der Waals surface area contributed by atoms with E-state index >= 15 is 0 Å². The molecule has 4 aliphatic carbocycles. The van der Waals surface area contributed by atoms with E-state index in [0.29, 0.717) is 19.3 Å². The fourth-order valence-electron chi connectivity index (χ4n) is 10.6. The molecule has 0 amide bonds. The first-order valence-corrected chi connectivity index (χ1v) is 18.0. The zero-order chi connectivity index (χ0) is 34.1. The zero-order valence-electron chi connectivity index (χ0n) is 28.3. The van der Waals surface area contributed by atoms with Crippen LogP contribution >= 0.6 is 0 Å². The van der Waals surface area contributed by atoms with Crippen LogP contribution in [0.4, 0.5) is 0 Å². The van der Waals surface area contributed by atoms with Gasteiger partial charge in [0.1, 0.15) is 18.3 Å². The Morgan fingerprint density at radius 1 is 0.894 bits per heavy atom. The first-order chi connectivity index (χ1) is 21.2. The number of aliphatic hydroxyl groups is 7. The van der Waals surface area contributed by atoms with Gasteiger partial charge in [0, 0.05) is 12.3 Å². The second kappa shape index (κ2) is 14.3. The van der Waals surface area contributed by atoms with Gasteiger partial charge in [0.15, 0.2) is 6.29 Å². The normalized spacial score (nSPS) is 49.9.